The van der Waals surface area contributed by atoms with E-state index in [9.17, 15) is 4.79 Å². The van der Waals surface area contributed by atoms with E-state index < -0.39 is 0 Å². The van der Waals surface area contributed by atoms with Gasteiger partial charge < -0.3 is 15.5 Å². The number of rotatable bonds is 4. The fourth-order valence-electron chi connectivity index (χ4n) is 2.26. The Kier molecular flexibility index (Phi) is 4.80. The third-order valence-electron chi connectivity index (χ3n) is 3.49. The molecule has 19 heavy (non-hydrogen) atoms. The molecule has 0 spiro atoms. The van der Waals surface area contributed by atoms with E-state index in [-0.39, 0.29) is 5.78 Å². The van der Waals surface area contributed by atoms with E-state index in [1.54, 1.807) is 6.07 Å². The number of nitrogens with zero attached hydrogens (tertiary/aromatic N) is 2. The number of carbonyl (C=O) groups excluding carboxylic acids is 1. The van der Waals surface area contributed by atoms with Crippen LogP contribution in [0, 0.1) is 0 Å². The number of nitrogens with two attached hydrogens (primary N) is 1. The van der Waals surface area contributed by atoms with Crippen LogP contribution in [-0.4, -0.2) is 50.5 Å². The second-order valence-corrected chi connectivity index (χ2v) is 5.33. The van der Waals surface area contributed by atoms with Crippen LogP contribution in [-0.2, 0) is 0 Å². The molecule has 0 saturated carbocycles. The quantitative estimate of drug-likeness (QED) is 0.852. The molecule has 1 aliphatic heterocycles. The Morgan fingerprint density at radius 3 is 2.58 bits per heavy atom. The number of ketones is 1. The zero-order valence-electron chi connectivity index (χ0n) is 11.2. The number of hydrogen-bond acceptors (Lipinski definition) is 4. The standard InChI is InChI=1S/C14H20ClN3O/c1-17-6-8-18(9-7-17)13-3-2-11(10-12(13)15)14(19)4-5-16/h2-3,10H,4-9,16H2,1H3. The maximum Gasteiger partial charge on any atom is 0.164 e. The van der Waals surface area contributed by atoms with E-state index in [1.807, 2.05) is 12.1 Å². The Labute approximate surface area is 119 Å². The van der Waals surface area contributed by atoms with Crippen molar-refractivity contribution in [3.05, 3.63) is 28.8 Å². The lowest BCUT2D eigenvalue weighted by Crippen LogP contribution is -2.44. The molecule has 0 unspecified atom stereocenters. The Hall–Kier alpha value is -1.10. The van der Waals surface area contributed by atoms with E-state index >= 15 is 0 Å². The van der Waals surface area contributed by atoms with Crippen LogP contribution < -0.4 is 10.6 Å². The topological polar surface area (TPSA) is 49.6 Å². The molecule has 1 aliphatic rings. The van der Waals surface area contributed by atoms with Crippen LogP contribution in [0.5, 0.6) is 0 Å². The number of Topliss-reactive ketones (excluding diaryl/α,β-unsaturated/α-hetero) is 1. The lowest BCUT2D eigenvalue weighted by atomic mass is 10.1. The predicted octanol–water partition coefficient (Wildman–Crippen LogP) is 1.62. The summed E-state index contributed by atoms with van der Waals surface area (Å²) in [5.74, 6) is 0.0503. The number of piperazine rings is 1. The third kappa shape index (κ3) is 3.47. The summed E-state index contributed by atoms with van der Waals surface area (Å²) >= 11 is 6.30. The van der Waals surface area contributed by atoms with Crippen molar-refractivity contribution in [2.45, 2.75) is 6.42 Å². The van der Waals surface area contributed by atoms with Crippen LogP contribution in [0.25, 0.3) is 0 Å². The van der Waals surface area contributed by atoms with Gasteiger partial charge in [0.1, 0.15) is 0 Å². The maximum atomic E-state index is 11.8. The van der Waals surface area contributed by atoms with Crippen molar-refractivity contribution < 1.29 is 4.79 Å². The normalized spacial score (nSPS) is 16.7. The van der Waals surface area contributed by atoms with E-state index in [0.29, 0.717) is 23.6 Å². The number of anilines is 1. The molecule has 0 bridgehead atoms. The Morgan fingerprint density at radius 2 is 2.00 bits per heavy atom. The Morgan fingerprint density at radius 1 is 1.32 bits per heavy atom. The van der Waals surface area contributed by atoms with E-state index in [4.69, 9.17) is 17.3 Å². The van der Waals surface area contributed by atoms with E-state index in [1.165, 1.54) is 0 Å². The zero-order chi connectivity index (χ0) is 13.8. The molecule has 1 saturated heterocycles. The zero-order valence-corrected chi connectivity index (χ0v) is 12.0. The largest absolute Gasteiger partial charge is 0.368 e. The summed E-state index contributed by atoms with van der Waals surface area (Å²) in [6, 6.07) is 5.54. The highest BCUT2D eigenvalue weighted by Gasteiger charge is 2.17. The van der Waals surface area contributed by atoms with E-state index in [2.05, 4.69) is 16.8 Å². The molecular formula is C14H20ClN3O. The second-order valence-electron chi connectivity index (χ2n) is 4.92. The lowest BCUT2D eigenvalue weighted by Gasteiger charge is -2.34. The van der Waals surface area contributed by atoms with Gasteiger partial charge in [-0.3, -0.25) is 4.79 Å². The van der Waals surface area contributed by atoms with Crippen LogP contribution in [0.4, 0.5) is 5.69 Å². The van der Waals surface area contributed by atoms with E-state index in [0.717, 1.165) is 31.9 Å². The van der Waals surface area contributed by atoms with Crippen molar-refractivity contribution in [2.24, 2.45) is 5.73 Å². The summed E-state index contributed by atoms with van der Waals surface area (Å²) in [5.41, 5.74) is 7.06. The van der Waals surface area contributed by atoms with Crippen LogP contribution in [0.2, 0.25) is 5.02 Å². The third-order valence-corrected chi connectivity index (χ3v) is 3.79. The van der Waals surface area contributed by atoms with Crippen LogP contribution in [0.15, 0.2) is 18.2 Å². The molecule has 0 aromatic heterocycles. The van der Waals surface area contributed by atoms with Gasteiger partial charge in [0.2, 0.25) is 0 Å². The van der Waals surface area contributed by atoms with Gasteiger partial charge in [0.05, 0.1) is 10.7 Å². The van der Waals surface area contributed by atoms with Crippen molar-refractivity contribution in [1.82, 2.24) is 4.90 Å². The molecule has 0 atom stereocenters. The highest BCUT2D eigenvalue weighted by molar-refractivity contribution is 6.33. The smallest absolute Gasteiger partial charge is 0.164 e. The van der Waals surface area contributed by atoms with Crippen molar-refractivity contribution >= 4 is 23.1 Å². The van der Waals surface area contributed by atoms with Crippen LogP contribution >= 0.6 is 11.6 Å². The highest BCUT2D eigenvalue weighted by atomic mass is 35.5. The second kappa shape index (κ2) is 6.37. The minimum atomic E-state index is 0.0503. The molecule has 0 aliphatic carbocycles. The molecule has 0 amide bonds. The van der Waals surface area contributed by atoms with Crippen LogP contribution in [0.3, 0.4) is 0 Å². The average Bonchev–Trinajstić information content (AvgIpc) is 2.40. The minimum Gasteiger partial charge on any atom is -0.368 e. The van der Waals surface area contributed by atoms with Crippen molar-refractivity contribution in [3.8, 4) is 0 Å². The average molecular weight is 282 g/mol. The number of benzene rings is 1. The first-order chi connectivity index (χ1) is 9.11. The number of hydrogen-bond donors (Lipinski definition) is 1. The lowest BCUT2D eigenvalue weighted by molar-refractivity contribution is 0.0985. The van der Waals surface area contributed by atoms with Gasteiger partial charge in [-0.2, -0.15) is 0 Å². The van der Waals surface area contributed by atoms with Gasteiger partial charge in [-0.1, -0.05) is 11.6 Å². The first kappa shape index (κ1) is 14.3. The summed E-state index contributed by atoms with van der Waals surface area (Å²) in [6.07, 6.45) is 0.365. The fraction of sp³-hybridized carbons (Fsp3) is 0.500. The van der Waals surface area contributed by atoms with Gasteiger partial charge in [-0.05, 0) is 31.8 Å². The number of halogens is 1. The molecule has 1 aromatic rings. The van der Waals surface area contributed by atoms with Gasteiger partial charge in [-0.25, -0.2) is 0 Å². The summed E-state index contributed by atoms with van der Waals surface area (Å²) in [5, 5.41) is 0.646. The molecule has 1 heterocycles. The first-order valence-electron chi connectivity index (χ1n) is 6.58. The minimum absolute atomic E-state index is 0.0503. The molecule has 2 rings (SSSR count). The molecular weight excluding hydrogens is 262 g/mol. The van der Waals surface area contributed by atoms with Crippen molar-refractivity contribution in [3.63, 3.8) is 0 Å². The molecule has 5 heteroatoms. The molecule has 0 radical (unpaired) electrons. The first-order valence-corrected chi connectivity index (χ1v) is 6.96. The summed E-state index contributed by atoms with van der Waals surface area (Å²) in [6.45, 7) is 4.36. The molecule has 1 aromatic carbocycles. The number of carbonyl (C=O) groups is 1. The SMILES string of the molecule is CN1CCN(c2ccc(C(=O)CCN)cc2Cl)CC1. The van der Waals surface area contributed by atoms with Gasteiger partial charge in [0.25, 0.3) is 0 Å². The summed E-state index contributed by atoms with van der Waals surface area (Å²) in [7, 11) is 2.12. The molecule has 104 valence electrons. The predicted molar refractivity (Wildman–Crippen MR) is 79.2 cm³/mol. The van der Waals surface area contributed by atoms with Crippen molar-refractivity contribution in [2.75, 3.05) is 44.7 Å². The molecule has 4 nitrogen and oxygen atoms in total. The molecule has 2 N–H and O–H groups in total. The number of likely N-dealkylation sites (N-methyl/N-ethyl adjacent to an activating group) is 1. The highest BCUT2D eigenvalue weighted by Crippen LogP contribution is 2.28. The summed E-state index contributed by atoms with van der Waals surface area (Å²) in [4.78, 5) is 16.3. The van der Waals surface area contributed by atoms with Gasteiger partial charge >= 0.3 is 0 Å². The van der Waals surface area contributed by atoms with Crippen molar-refractivity contribution in [1.29, 1.82) is 0 Å². The Bertz CT molecular complexity index is 456. The van der Waals surface area contributed by atoms with Crippen LogP contribution in [0.1, 0.15) is 16.8 Å². The molecule has 1 fully saturated rings. The van der Waals surface area contributed by atoms with Gasteiger partial charge in [-0.15, -0.1) is 0 Å². The Balaban J connectivity index is 2.13. The van der Waals surface area contributed by atoms with Gasteiger partial charge in [0, 0.05) is 38.2 Å². The monoisotopic (exact) mass is 281 g/mol. The van der Waals surface area contributed by atoms with Gasteiger partial charge in [0.15, 0.2) is 5.78 Å². The maximum absolute atomic E-state index is 11.8. The summed E-state index contributed by atoms with van der Waals surface area (Å²) < 4.78 is 0. The fourth-order valence-corrected chi connectivity index (χ4v) is 2.56.